The van der Waals surface area contributed by atoms with E-state index in [0.717, 1.165) is 0 Å². The van der Waals surface area contributed by atoms with Gasteiger partial charge in [0.05, 0.1) is 5.92 Å². The molecule has 2 heterocycles. The van der Waals surface area contributed by atoms with E-state index in [1.165, 1.54) is 27.8 Å². The summed E-state index contributed by atoms with van der Waals surface area (Å²) in [5.41, 5.74) is 0.535. The molecule has 27 heavy (non-hydrogen) atoms. The Kier molecular flexibility index (Phi) is 5.43. The average Bonchev–Trinajstić information content (AvgIpc) is 3.04. The second-order valence-corrected chi connectivity index (χ2v) is 6.69. The normalized spacial score (nSPS) is 19.1. The van der Waals surface area contributed by atoms with Crippen molar-refractivity contribution in [1.29, 1.82) is 0 Å². The minimum absolute atomic E-state index is 0.00571. The van der Waals surface area contributed by atoms with Gasteiger partial charge in [0.25, 0.3) is 0 Å². The summed E-state index contributed by atoms with van der Waals surface area (Å²) in [5.74, 6) is -2.14. The molecule has 1 saturated heterocycles. The van der Waals surface area contributed by atoms with Gasteiger partial charge in [0.2, 0.25) is 5.91 Å². The van der Waals surface area contributed by atoms with Crippen LogP contribution in [0.5, 0.6) is 0 Å². The molecule has 0 saturated carbocycles. The largest absolute Gasteiger partial charge is 0.393 e. The molecule has 2 atom stereocenters. The molecular weight excluding hydrogens is 366 g/mol. The fraction of sp³-hybridized carbons (Fsp3) is 0.529. The number of nitrogens with zero attached hydrogens (tertiary/aromatic N) is 5. The molecule has 6 nitrogen and oxygen atoms in total. The molecule has 1 aromatic carbocycles. The van der Waals surface area contributed by atoms with Crippen LogP contribution in [0.3, 0.4) is 0 Å². The molecule has 2 aromatic rings. The number of hydrogen-bond donors (Lipinski definition) is 0. The van der Waals surface area contributed by atoms with Gasteiger partial charge in [-0.15, -0.1) is 5.10 Å². The molecule has 146 valence electrons. The molecule has 1 aromatic heterocycles. The number of carbonyl (C=O) groups excluding carboxylic acids is 1. The lowest BCUT2D eigenvalue weighted by molar-refractivity contribution is -0.188. The van der Waals surface area contributed by atoms with Crippen LogP contribution in [0.15, 0.2) is 24.3 Å². The quantitative estimate of drug-likeness (QED) is 0.760. The minimum atomic E-state index is -4.35. The van der Waals surface area contributed by atoms with E-state index in [1.54, 1.807) is 13.0 Å². The van der Waals surface area contributed by atoms with E-state index in [1.807, 2.05) is 0 Å². The lowest BCUT2D eigenvalue weighted by Gasteiger charge is -2.35. The standard InChI is InChI=1S/C17H19F4N5O/c1-11-22-23-24-26(11)15(9-12-4-2-6-14(18)8-12)16(27)25-7-3-5-13(10-25)17(19,20)21/h2,4,6,8,13,15H,3,5,7,9-10H2,1H3/t13-,15-/m1/s1. The molecule has 0 spiro atoms. The van der Waals surface area contributed by atoms with E-state index in [-0.39, 0.29) is 32.4 Å². The van der Waals surface area contributed by atoms with E-state index in [2.05, 4.69) is 15.5 Å². The number of aromatic nitrogens is 4. The van der Waals surface area contributed by atoms with Gasteiger partial charge in [-0.2, -0.15) is 13.2 Å². The van der Waals surface area contributed by atoms with Crippen LogP contribution in [-0.4, -0.2) is 50.3 Å². The predicted molar refractivity (Wildman–Crippen MR) is 87.1 cm³/mol. The van der Waals surface area contributed by atoms with Crippen molar-refractivity contribution in [2.45, 2.75) is 38.4 Å². The van der Waals surface area contributed by atoms with E-state index >= 15 is 0 Å². The maximum Gasteiger partial charge on any atom is 0.393 e. The summed E-state index contributed by atoms with van der Waals surface area (Å²) in [7, 11) is 0. The number of hydrogen-bond acceptors (Lipinski definition) is 4. The lowest BCUT2D eigenvalue weighted by Crippen LogP contribution is -2.47. The van der Waals surface area contributed by atoms with Gasteiger partial charge in [-0.1, -0.05) is 12.1 Å². The zero-order chi connectivity index (χ0) is 19.6. The van der Waals surface area contributed by atoms with Crippen LogP contribution >= 0.6 is 0 Å². The summed E-state index contributed by atoms with van der Waals surface area (Å²) in [5, 5.41) is 11.1. The van der Waals surface area contributed by atoms with Crippen molar-refractivity contribution >= 4 is 5.91 Å². The second kappa shape index (κ2) is 7.61. The van der Waals surface area contributed by atoms with Gasteiger partial charge in [0, 0.05) is 19.5 Å². The van der Waals surface area contributed by atoms with E-state index < -0.39 is 29.9 Å². The maximum absolute atomic E-state index is 13.5. The van der Waals surface area contributed by atoms with Crippen LogP contribution in [-0.2, 0) is 11.2 Å². The Hall–Kier alpha value is -2.52. The van der Waals surface area contributed by atoms with Gasteiger partial charge >= 0.3 is 6.18 Å². The number of tetrazole rings is 1. The number of rotatable bonds is 4. The first kappa shape index (κ1) is 19.2. The monoisotopic (exact) mass is 385 g/mol. The Bertz CT molecular complexity index is 807. The maximum atomic E-state index is 13.5. The first-order valence-corrected chi connectivity index (χ1v) is 8.60. The second-order valence-electron chi connectivity index (χ2n) is 6.69. The zero-order valence-corrected chi connectivity index (χ0v) is 14.7. The number of likely N-dealkylation sites (tertiary alicyclic amines) is 1. The molecule has 0 aliphatic carbocycles. The Labute approximate surface area is 153 Å². The van der Waals surface area contributed by atoms with Crippen LogP contribution in [0.25, 0.3) is 0 Å². The number of aryl methyl sites for hydroxylation is 1. The van der Waals surface area contributed by atoms with Gasteiger partial charge < -0.3 is 4.90 Å². The molecular formula is C17H19F4N5O. The molecule has 0 N–H and O–H groups in total. The number of halogens is 4. The van der Waals surface area contributed by atoms with Crippen LogP contribution in [0, 0.1) is 18.7 Å². The van der Waals surface area contributed by atoms with Gasteiger partial charge in [-0.05, 0) is 47.9 Å². The Morgan fingerprint density at radius 3 is 2.78 bits per heavy atom. The molecule has 0 unspecified atom stereocenters. The Morgan fingerprint density at radius 2 is 2.15 bits per heavy atom. The van der Waals surface area contributed by atoms with Gasteiger partial charge in [0.1, 0.15) is 17.7 Å². The average molecular weight is 385 g/mol. The van der Waals surface area contributed by atoms with Crippen LogP contribution in [0.1, 0.15) is 30.3 Å². The number of carbonyl (C=O) groups is 1. The third-order valence-corrected chi connectivity index (χ3v) is 4.75. The molecule has 0 radical (unpaired) electrons. The smallest absolute Gasteiger partial charge is 0.340 e. The third kappa shape index (κ3) is 4.42. The minimum Gasteiger partial charge on any atom is -0.340 e. The highest BCUT2D eigenvalue weighted by atomic mass is 19.4. The highest BCUT2D eigenvalue weighted by Crippen LogP contribution is 2.34. The van der Waals surface area contributed by atoms with Crippen molar-refractivity contribution in [3.63, 3.8) is 0 Å². The number of alkyl halides is 3. The van der Waals surface area contributed by atoms with Crippen molar-refractivity contribution in [3.8, 4) is 0 Å². The SMILES string of the molecule is Cc1nnnn1[C@H](Cc1cccc(F)c1)C(=O)N1CCC[C@@H](C(F)(F)F)C1. The molecule has 1 fully saturated rings. The first-order chi connectivity index (χ1) is 12.8. The zero-order valence-electron chi connectivity index (χ0n) is 14.7. The topological polar surface area (TPSA) is 63.9 Å². The van der Waals surface area contributed by atoms with Crippen molar-refractivity contribution in [3.05, 3.63) is 41.5 Å². The van der Waals surface area contributed by atoms with E-state index in [4.69, 9.17) is 0 Å². The van der Waals surface area contributed by atoms with Crippen LogP contribution < -0.4 is 0 Å². The summed E-state index contributed by atoms with van der Waals surface area (Å²) in [6.07, 6.45) is -3.99. The van der Waals surface area contributed by atoms with E-state index in [0.29, 0.717) is 11.4 Å². The molecule has 10 heteroatoms. The predicted octanol–water partition coefficient (Wildman–Crippen LogP) is 2.71. The fourth-order valence-corrected chi connectivity index (χ4v) is 3.35. The van der Waals surface area contributed by atoms with Crippen molar-refractivity contribution in [2.75, 3.05) is 13.1 Å². The third-order valence-electron chi connectivity index (χ3n) is 4.75. The highest BCUT2D eigenvalue weighted by molar-refractivity contribution is 5.81. The Balaban J connectivity index is 1.86. The molecule has 0 bridgehead atoms. The van der Waals surface area contributed by atoms with Gasteiger partial charge in [-0.25, -0.2) is 9.07 Å². The van der Waals surface area contributed by atoms with Gasteiger partial charge in [0.15, 0.2) is 0 Å². The van der Waals surface area contributed by atoms with E-state index in [9.17, 15) is 22.4 Å². The van der Waals surface area contributed by atoms with Crippen molar-refractivity contribution in [2.24, 2.45) is 5.92 Å². The summed E-state index contributed by atoms with van der Waals surface area (Å²) >= 11 is 0. The first-order valence-electron chi connectivity index (χ1n) is 8.60. The van der Waals surface area contributed by atoms with Crippen molar-refractivity contribution in [1.82, 2.24) is 25.1 Å². The molecule has 3 rings (SSSR count). The van der Waals surface area contributed by atoms with Crippen molar-refractivity contribution < 1.29 is 22.4 Å². The fourth-order valence-electron chi connectivity index (χ4n) is 3.35. The number of benzene rings is 1. The number of amides is 1. The summed E-state index contributed by atoms with van der Waals surface area (Å²) < 4.78 is 54.1. The van der Waals surface area contributed by atoms with Gasteiger partial charge in [-0.3, -0.25) is 4.79 Å². The molecule has 1 aliphatic rings. The Morgan fingerprint density at radius 1 is 1.37 bits per heavy atom. The summed E-state index contributed by atoms with van der Waals surface area (Å²) in [6, 6.07) is 4.79. The summed E-state index contributed by atoms with van der Waals surface area (Å²) in [6.45, 7) is 1.45. The van der Waals surface area contributed by atoms with Crippen LogP contribution in [0.4, 0.5) is 17.6 Å². The summed E-state index contributed by atoms with van der Waals surface area (Å²) in [4.78, 5) is 14.3. The lowest BCUT2D eigenvalue weighted by atomic mass is 9.96. The highest BCUT2D eigenvalue weighted by Gasteiger charge is 2.43. The molecule has 1 aliphatic heterocycles. The van der Waals surface area contributed by atoms with Crippen LogP contribution in [0.2, 0.25) is 0 Å². The number of piperidine rings is 1. The molecule has 1 amide bonds.